The lowest BCUT2D eigenvalue weighted by molar-refractivity contribution is -0.384. The maximum absolute atomic E-state index is 13.7. The Morgan fingerprint density at radius 3 is 2.32 bits per heavy atom. The van der Waals surface area contributed by atoms with Crippen LogP contribution in [0.3, 0.4) is 0 Å². The number of nitro groups is 1. The fourth-order valence-corrected chi connectivity index (χ4v) is 3.00. The maximum Gasteiger partial charge on any atom is 0.269 e. The molecule has 1 aliphatic heterocycles. The Balaban J connectivity index is 1.57. The molecule has 0 amide bonds. The molecule has 1 saturated heterocycles. The molecule has 0 aliphatic carbocycles. The van der Waals surface area contributed by atoms with Crippen molar-refractivity contribution in [3.05, 3.63) is 64.5 Å². The van der Waals surface area contributed by atoms with Crippen molar-refractivity contribution in [2.24, 2.45) is 0 Å². The van der Waals surface area contributed by atoms with E-state index >= 15 is 0 Å². The van der Waals surface area contributed by atoms with E-state index in [0.717, 1.165) is 18.8 Å². The highest BCUT2D eigenvalue weighted by atomic mass is 32.1. The van der Waals surface area contributed by atoms with Crippen LogP contribution in [0.2, 0.25) is 0 Å². The monoisotopic (exact) mass is 360 g/mol. The number of hydrogen-bond donors (Lipinski definition) is 1. The van der Waals surface area contributed by atoms with Gasteiger partial charge in [0.1, 0.15) is 5.82 Å². The molecule has 1 fully saturated rings. The number of halogens is 1. The van der Waals surface area contributed by atoms with E-state index in [4.69, 9.17) is 12.2 Å². The molecule has 2 aromatic rings. The molecule has 0 unspecified atom stereocenters. The summed E-state index contributed by atoms with van der Waals surface area (Å²) in [6.07, 6.45) is 0. The minimum atomic E-state index is -0.408. The van der Waals surface area contributed by atoms with E-state index < -0.39 is 4.92 Å². The second-order valence-corrected chi connectivity index (χ2v) is 6.04. The van der Waals surface area contributed by atoms with Gasteiger partial charge in [-0.2, -0.15) is 0 Å². The molecule has 0 spiro atoms. The van der Waals surface area contributed by atoms with Crippen LogP contribution in [0, 0.1) is 15.9 Å². The van der Waals surface area contributed by atoms with Crippen LogP contribution >= 0.6 is 12.2 Å². The van der Waals surface area contributed by atoms with E-state index in [2.05, 4.69) is 10.2 Å². The molecular formula is C17H17FN4O2S. The molecule has 8 heteroatoms. The first kappa shape index (κ1) is 17.1. The third-order valence-corrected chi connectivity index (χ3v) is 4.47. The average Bonchev–Trinajstić information content (AvgIpc) is 2.64. The topological polar surface area (TPSA) is 61.7 Å². The lowest BCUT2D eigenvalue weighted by Crippen LogP contribution is -2.50. The number of thiocarbonyl (C=S) groups is 1. The van der Waals surface area contributed by atoms with Gasteiger partial charge in [0.15, 0.2) is 5.11 Å². The van der Waals surface area contributed by atoms with Crippen LogP contribution in [0.25, 0.3) is 0 Å². The number of rotatable bonds is 3. The molecule has 130 valence electrons. The summed E-state index contributed by atoms with van der Waals surface area (Å²) in [4.78, 5) is 14.4. The van der Waals surface area contributed by atoms with E-state index in [9.17, 15) is 14.5 Å². The van der Waals surface area contributed by atoms with Crippen molar-refractivity contribution >= 4 is 34.4 Å². The highest BCUT2D eigenvalue weighted by molar-refractivity contribution is 7.80. The minimum Gasteiger partial charge on any atom is -0.368 e. The predicted molar refractivity (Wildman–Crippen MR) is 99.5 cm³/mol. The minimum absolute atomic E-state index is 0.0812. The molecule has 0 saturated carbocycles. The Morgan fingerprint density at radius 2 is 1.72 bits per heavy atom. The molecule has 2 aromatic carbocycles. The van der Waals surface area contributed by atoms with Crippen LogP contribution in [0.5, 0.6) is 0 Å². The molecule has 1 heterocycles. The first-order valence-electron chi connectivity index (χ1n) is 7.84. The van der Waals surface area contributed by atoms with Gasteiger partial charge in [0.2, 0.25) is 0 Å². The van der Waals surface area contributed by atoms with Crippen molar-refractivity contribution in [3.8, 4) is 0 Å². The maximum atomic E-state index is 13.7. The quantitative estimate of drug-likeness (QED) is 0.515. The largest absolute Gasteiger partial charge is 0.368 e. The normalized spacial score (nSPS) is 14.3. The van der Waals surface area contributed by atoms with Gasteiger partial charge in [-0.3, -0.25) is 10.1 Å². The summed E-state index contributed by atoms with van der Waals surface area (Å²) in [7, 11) is 0. The standard InChI is InChI=1S/C17H17FN4O2S/c18-15-3-1-2-4-16(15)19-17(25)21-11-9-20(10-12-21)13-5-7-14(8-6-13)22(23)24/h1-8H,9-12H2,(H,19,25). The number of nitrogens with one attached hydrogen (secondary N) is 1. The number of nitrogens with zero attached hydrogens (tertiary/aromatic N) is 3. The molecule has 6 nitrogen and oxygen atoms in total. The Morgan fingerprint density at radius 1 is 1.08 bits per heavy atom. The SMILES string of the molecule is O=[N+]([O-])c1ccc(N2CCN(C(=S)Nc3ccccc3F)CC2)cc1. The third-order valence-electron chi connectivity index (χ3n) is 4.11. The smallest absolute Gasteiger partial charge is 0.269 e. The van der Waals surface area contributed by atoms with Gasteiger partial charge in [-0.25, -0.2) is 4.39 Å². The molecule has 25 heavy (non-hydrogen) atoms. The number of non-ortho nitro benzene ring substituents is 1. The molecular weight excluding hydrogens is 343 g/mol. The number of anilines is 2. The van der Waals surface area contributed by atoms with Gasteiger partial charge in [-0.1, -0.05) is 12.1 Å². The summed E-state index contributed by atoms with van der Waals surface area (Å²) < 4.78 is 13.7. The molecule has 0 atom stereocenters. The first-order chi connectivity index (χ1) is 12.0. The zero-order valence-electron chi connectivity index (χ0n) is 13.4. The van der Waals surface area contributed by atoms with E-state index in [1.165, 1.54) is 18.2 Å². The summed E-state index contributed by atoms with van der Waals surface area (Å²) >= 11 is 5.37. The van der Waals surface area contributed by atoms with Gasteiger partial charge in [0.05, 0.1) is 10.6 Å². The third kappa shape index (κ3) is 4.03. The summed E-state index contributed by atoms with van der Waals surface area (Å²) in [5.74, 6) is -0.339. The van der Waals surface area contributed by atoms with Crippen LogP contribution in [0.15, 0.2) is 48.5 Å². The summed E-state index contributed by atoms with van der Waals surface area (Å²) in [5.41, 5.74) is 1.39. The van der Waals surface area contributed by atoms with E-state index in [0.29, 0.717) is 23.9 Å². The van der Waals surface area contributed by atoms with Crippen molar-refractivity contribution in [1.29, 1.82) is 0 Å². The van der Waals surface area contributed by atoms with E-state index in [1.807, 2.05) is 4.90 Å². The zero-order valence-corrected chi connectivity index (χ0v) is 14.2. The van der Waals surface area contributed by atoms with Gasteiger partial charge in [-0.05, 0) is 36.5 Å². The Bertz CT molecular complexity index is 776. The Hall–Kier alpha value is -2.74. The Labute approximate surface area is 150 Å². The fraction of sp³-hybridized carbons (Fsp3) is 0.235. The lowest BCUT2D eigenvalue weighted by Gasteiger charge is -2.37. The lowest BCUT2D eigenvalue weighted by atomic mass is 10.2. The summed E-state index contributed by atoms with van der Waals surface area (Å²) in [6.45, 7) is 2.85. The Kier molecular flexibility index (Phi) is 5.08. The van der Waals surface area contributed by atoms with Crippen molar-refractivity contribution in [2.75, 3.05) is 36.4 Å². The first-order valence-corrected chi connectivity index (χ1v) is 8.25. The van der Waals surface area contributed by atoms with Gasteiger partial charge >= 0.3 is 0 Å². The number of hydrogen-bond acceptors (Lipinski definition) is 4. The molecule has 1 N–H and O–H groups in total. The van der Waals surface area contributed by atoms with Crippen molar-refractivity contribution in [3.63, 3.8) is 0 Å². The van der Waals surface area contributed by atoms with Gasteiger partial charge in [-0.15, -0.1) is 0 Å². The number of nitro benzene ring substituents is 1. The predicted octanol–water partition coefficient (Wildman–Crippen LogP) is 3.25. The van der Waals surface area contributed by atoms with Gasteiger partial charge < -0.3 is 15.1 Å². The van der Waals surface area contributed by atoms with Gasteiger partial charge in [0, 0.05) is 44.0 Å². The second-order valence-electron chi connectivity index (χ2n) is 5.66. The molecule has 0 bridgehead atoms. The summed E-state index contributed by atoms with van der Waals surface area (Å²) in [6, 6.07) is 12.9. The molecule has 1 aliphatic rings. The van der Waals surface area contributed by atoms with E-state index in [1.54, 1.807) is 30.3 Å². The van der Waals surface area contributed by atoms with E-state index in [-0.39, 0.29) is 11.5 Å². The zero-order chi connectivity index (χ0) is 17.8. The highest BCUT2D eigenvalue weighted by Crippen LogP contribution is 2.21. The van der Waals surface area contributed by atoms with Crippen LogP contribution in [0.4, 0.5) is 21.5 Å². The fourth-order valence-electron chi connectivity index (χ4n) is 2.71. The molecule has 0 radical (unpaired) electrons. The van der Waals surface area contributed by atoms with Crippen LogP contribution in [-0.2, 0) is 0 Å². The van der Waals surface area contributed by atoms with Crippen molar-refractivity contribution in [1.82, 2.24) is 4.90 Å². The van der Waals surface area contributed by atoms with Crippen LogP contribution < -0.4 is 10.2 Å². The molecule has 3 rings (SSSR count). The van der Waals surface area contributed by atoms with Crippen molar-refractivity contribution in [2.45, 2.75) is 0 Å². The van der Waals surface area contributed by atoms with Crippen molar-refractivity contribution < 1.29 is 9.31 Å². The second kappa shape index (κ2) is 7.43. The average molecular weight is 360 g/mol. The summed E-state index contributed by atoms with van der Waals surface area (Å²) in [5, 5.41) is 14.2. The number of para-hydroxylation sites is 1. The number of piperazine rings is 1. The van der Waals surface area contributed by atoms with Gasteiger partial charge in [0.25, 0.3) is 5.69 Å². The number of benzene rings is 2. The van der Waals surface area contributed by atoms with Crippen LogP contribution in [-0.4, -0.2) is 41.1 Å². The molecule has 0 aromatic heterocycles. The highest BCUT2D eigenvalue weighted by Gasteiger charge is 2.20. The van der Waals surface area contributed by atoms with Crippen LogP contribution in [0.1, 0.15) is 0 Å².